The summed E-state index contributed by atoms with van der Waals surface area (Å²) in [4.78, 5) is 0. The summed E-state index contributed by atoms with van der Waals surface area (Å²) in [5, 5.41) is 11.9. The number of hydrogen-bond donors (Lipinski definition) is 0. The van der Waals surface area contributed by atoms with E-state index in [0.29, 0.717) is 0 Å². The number of allylic oxidation sites excluding steroid dienone is 4. The van der Waals surface area contributed by atoms with Gasteiger partial charge in [-0.25, -0.2) is 0 Å². The summed E-state index contributed by atoms with van der Waals surface area (Å²) in [6.07, 6.45) is 21.3. The molecule has 0 saturated heterocycles. The molecule has 0 radical (unpaired) electrons. The maximum atomic E-state index is 7.26. The van der Waals surface area contributed by atoms with Crippen LogP contribution in [0, 0.1) is 24.7 Å². The van der Waals surface area contributed by atoms with E-state index in [-0.39, 0.29) is 44.8 Å². The van der Waals surface area contributed by atoms with Crippen LogP contribution in [-0.4, -0.2) is 22.1 Å². The Balaban J connectivity index is 0.000000182. The first-order chi connectivity index (χ1) is 29.6. The summed E-state index contributed by atoms with van der Waals surface area (Å²) in [7, 11) is -4.80. The van der Waals surface area contributed by atoms with Gasteiger partial charge in [-0.05, 0) is 95.0 Å². The molecule has 0 spiro atoms. The molecule has 0 saturated carbocycles. The fourth-order valence-corrected chi connectivity index (χ4v) is 23.0. The Morgan fingerprint density at radius 3 is 1.22 bits per heavy atom. The molecule has 0 N–H and O–H groups in total. The minimum absolute atomic E-state index is 0. The van der Waals surface area contributed by atoms with Crippen molar-refractivity contribution in [2.75, 3.05) is 5.90 Å². The third-order valence-corrected chi connectivity index (χ3v) is 26.3. The van der Waals surface area contributed by atoms with Crippen molar-refractivity contribution < 1.29 is 44.8 Å². The molecule has 1 atom stereocenters. The second kappa shape index (κ2) is 22.7. The van der Waals surface area contributed by atoms with E-state index in [1.165, 1.54) is 70.1 Å². The SMILES string of the molecule is C/C=C\C(=C/C)[PH+](C[PH+](c1ccccc1)c1ccccc1)c1ccccc1.[Au+].[Au+].[C-]#Cc1ccc2c(c1)[Si](C)(C)c1ccccc1-2.[C-]#Cc1ccc2c(c1)[Si](C)(C)c1ccccc1-2. The van der Waals surface area contributed by atoms with Crippen molar-refractivity contribution in [1.29, 1.82) is 0 Å². The number of hydrogen-bond acceptors (Lipinski definition) is 0. The van der Waals surface area contributed by atoms with Gasteiger partial charge in [0.25, 0.3) is 0 Å². The van der Waals surface area contributed by atoms with E-state index >= 15 is 0 Å². The van der Waals surface area contributed by atoms with E-state index in [2.05, 4.69) is 234 Å². The zero-order valence-electron chi connectivity index (χ0n) is 36.8. The van der Waals surface area contributed by atoms with Crippen LogP contribution in [0.1, 0.15) is 25.0 Å². The molecule has 63 heavy (non-hydrogen) atoms. The Kier molecular flexibility index (Phi) is 18.0. The normalized spacial score (nSPS) is 13.7. The van der Waals surface area contributed by atoms with Gasteiger partial charge in [-0.1, -0.05) is 158 Å². The molecule has 0 fully saturated rings. The van der Waals surface area contributed by atoms with Crippen LogP contribution in [0.5, 0.6) is 0 Å². The van der Waals surface area contributed by atoms with Gasteiger partial charge < -0.3 is 12.8 Å². The van der Waals surface area contributed by atoms with E-state index in [1.54, 1.807) is 0 Å². The van der Waals surface area contributed by atoms with Crippen molar-refractivity contribution in [3.63, 3.8) is 0 Å². The third kappa shape index (κ3) is 10.9. The molecule has 2 heterocycles. The fraction of sp³-hybridized carbons (Fsp3) is 0.123. The Hall–Kier alpha value is -4.09. The molecule has 1 unspecified atom stereocenters. The summed E-state index contributed by atoms with van der Waals surface area (Å²) in [5.41, 5.74) is 7.26. The van der Waals surface area contributed by atoms with Gasteiger partial charge in [0.1, 0.15) is 47.9 Å². The maximum Gasteiger partial charge on any atom is 1.00 e. The zero-order valence-corrected chi connectivity index (χ0v) is 45.1. The van der Waals surface area contributed by atoms with Crippen LogP contribution >= 0.6 is 15.8 Å². The molecule has 9 rings (SSSR count). The summed E-state index contributed by atoms with van der Waals surface area (Å²) in [6.45, 7) is 13.8. The van der Waals surface area contributed by atoms with Gasteiger partial charge in [0.05, 0.1) is 5.31 Å². The van der Waals surface area contributed by atoms with Crippen molar-refractivity contribution in [3.8, 4) is 34.1 Å². The van der Waals surface area contributed by atoms with E-state index in [0.717, 1.165) is 11.1 Å². The largest absolute Gasteiger partial charge is 1.00 e. The predicted molar refractivity (Wildman–Crippen MR) is 278 cm³/mol. The number of fused-ring (bicyclic) bond motifs is 6. The van der Waals surface area contributed by atoms with Crippen molar-refractivity contribution in [1.82, 2.24) is 0 Å². The van der Waals surface area contributed by atoms with Crippen molar-refractivity contribution in [2.24, 2.45) is 0 Å². The molecule has 7 aromatic rings. The Labute approximate surface area is 413 Å². The summed E-state index contributed by atoms with van der Waals surface area (Å²) < 4.78 is 0. The molecule has 0 bridgehead atoms. The van der Waals surface area contributed by atoms with Crippen molar-refractivity contribution in [2.45, 2.75) is 40.0 Å². The molecule has 6 heteroatoms. The van der Waals surface area contributed by atoms with Crippen LogP contribution in [0.2, 0.25) is 26.2 Å². The topological polar surface area (TPSA) is 0 Å². The quantitative estimate of drug-likeness (QED) is 0.0491. The summed E-state index contributed by atoms with van der Waals surface area (Å²) >= 11 is 0. The van der Waals surface area contributed by atoms with Gasteiger partial charge in [-0.15, -0.1) is 35.4 Å². The number of benzene rings is 7. The van der Waals surface area contributed by atoms with Crippen LogP contribution in [0.3, 0.4) is 0 Å². The van der Waals surface area contributed by atoms with E-state index < -0.39 is 32.0 Å². The fourth-order valence-electron chi connectivity index (χ4n) is 8.95. The number of rotatable bonds is 7. The molecule has 0 aliphatic carbocycles. The van der Waals surface area contributed by atoms with Gasteiger partial charge in [0.2, 0.25) is 0 Å². The first kappa shape index (κ1) is 49.9. The maximum absolute atomic E-state index is 7.26. The molecule has 2 aliphatic rings. The average Bonchev–Trinajstić information content (AvgIpc) is 3.68. The molecule has 0 aromatic heterocycles. The zero-order chi connectivity index (χ0) is 43.0. The molecule has 320 valence electrons. The third-order valence-electron chi connectivity index (χ3n) is 12.2. The second-order valence-corrected chi connectivity index (χ2v) is 30.9. The molecule has 0 amide bonds. The van der Waals surface area contributed by atoms with Gasteiger partial charge in [-0.2, -0.15) is 0 Å². The molecular weight excluding hydrogens is 1200 g/mol. The molecule has 0 nitrogen and oxygen atoms in total. The average molecular weight is 1250 g/mol. The van der Waals surface area contributed by atoms with Crippen LogP contribution in [-0.2, 0) is 44.8 Å². The van der Waals surface area contributed by atoms with Crippen LogP contribution < -0.4 is 36.7 Å². The molecule has 2 aliphatic heterocycles. The van der Waals surface area contributed by atoms with E-state index in [4.69, 9.17) is 12.8 Å². The first-order valence-electron chi connectivity index (χ1n) is 21.1. The first-order valence-corrected chi connectivity index (χ1v) is 30.5. The van der Waals surface area contributed by atoms with E-state index in [9.17, 15) is 0 Å². The van der Waals surface area contributed by atoms with Crippen LogP contribution in [0.4, 0.5) is 0 Å². The van der Waals surface area contributed by atoms with Crippen molar-refractivity contribution >= 4 is 68.7 Å². The minimum Gasteiger partial charge on any atom is -0.366 e. The standard InChI is InChI=1S/C25H26P2.2C16H13Si.2Au/c1-3-14-22(4-2)26(23-15-8-5-9-16-23)21-27(24-17-10-6-11-18-24)25-19-12-7-13-20-25;2*1-4-12-9-10-14-13-7-5-6-8-15(13)17(2,3)16(14)11-12;;/h3-20H,21H2,1-2H3;2*5-11H,2-3H3;;/q;2*-1;2*+1/p+2/b14-3-,22-4+;;;;. The van der Waals surface area contributed by atoms with Gasteiger partial charge >= 0.3 is 44.8 Å². The Bertz CT molecular complexity index is 2630. The second-order valence-electron chi connectivity index (χ2n) is 16.6. The summed E-state index contributed by atoms with van der Waals surface area (Å²) in [5.74, 6) is 6.23. The predicted octanol–water partition coefficient (Wildman–Crippen LogP) is 10.7. The molecule has 7 aromatic carbocycles. The van der Waals surface area contributed by atoms with Crippen LogP contribution in [0.15, 0.2) is 199 Å². The van der Waals surface area contributed by atoms with Gasteiger partial charge in [-0.3, -0.25) is 11.8 Å². The summed E-state index contributed by atoms with van der Waals surface area (Å²) in [6, 6.07) is 63.3. The van der Waals surface area contributed by atoms with Crippen LogP contribution in [0.25, 0.3) is 22.3 Å². The monoisotopic (exact) mass is 1250 g/mol. The smallest absolute Gasteiger partial charge is 0.366 e. The van der Waals surface area contributed by atoms with Gasteiger partial charge in [0, 0.05) is 0 Å². The minimum atomic E-state index is -1.55. The Morgan fingerprint density at radius 2 is 0.841 bits per heavy atom. The van der Waals surface area contributed by atoms with Crippen molar-refractivity contribution in [3.05, 3.63) is 223 Å². The molecular formula is C57H54Au2P2Si2+2. The van der Waals surface area contributed by atoms with Gasteiger partial charge in [0.15, 0.2) is 5.90 Å². The van der Waals surface area contributed by atoms with E-state index in [1.807, 2.05) is 12.1 Å². The Morgan fingerprint density at radius 1 is 0.476 bits per heavy atom.